The minimum absolute atomic E-state index is 0.139. The van der Waals surface area contributed by atoms with Gasteiger partial charge in [-0.3, -0.25) is 0 Å². The maximum Gasteiger partial charge on any atom is 0.323 e. The number of halogens is 2. The Kier molecular flexibility index (Phi) is 3.87. The number of anilines is 2. The molecular weight excluding hydrogens is 378 g/mol. The monoisotopic (exact) mass is 392 g/mol. The van der Waals surface area contributed by atoms with Crippen LogP contribution in [0, 0.1) is 11.6 Å². The molecule has 0 unspecified atom stereocenters. The van der Waals surface area contributed by atoms with Crippen molar-refractivity contribution in [1.29, 1.82) is 0 Å². The lowest BCUT2D eigenvalue weighted by molar-refractivity contribution is 0.578. The molecule has 9 heteroatoms. The minimum Gasteiger partial charge on any atom is -0.340 e. The van der Waals surface area contributed by atoms with Crippen LogP contribution in [0.15, 0.2) is 59.8 Å². The van der Waals surface area contributed by atoms with Crippen LogP contribution < -0.4 is 11.0 Å². The summed E-state index contributed by atoms with van der Waals surface area (Å²) in [5, 5.41) is 3.94. The molecule has 2 aromatic carbocycles. The molecule has 0 saturated heterocycles. The van der Waals surface area contributed by atoms with Crippen LogP contribution in [0.3, 0.4) is 0 Å². The number of nitrogens with zero attached hydrogens (tertiary/aromatic N) is 3. The Morgan fingerprint density at radius 1 is 1.00 bits per heavy atom. The summed E-state index contributed by atoms with van der Waals surface area (Å²) in [6, 6.07) is 10.6. The second kappa shape index (κ2) is 6.55. The zero-order valence-electron chi connectivity index (χ0n) is 14.9. The number of aromatic amines is 2. The molecular formula is C20H14F2N6O. The second-order valence-corrected chi connectivity index (χ2v) is 6.60. The van der Waals surface area contributed by atoms with Crippen LogP contribution in [0.2, 0.25) is 0 Å². The highest BCUT2D eigenvalue weighted by molar-refractivity contribution is 5.90. The smallest absolute Gasteiger partial charge is 0.323 e. The van der Waals surface area contributed by atoms with Crippen LogP contribution in [0.25, 0.3) is 22.1 Å². The number of nitrogens with one attached hydrogen (secondary N) is 3. The molecule has 5 rings (SSSR count). The molecule has 0 saturated carbocycles. The molecule has 0 radical (unpaired) electrons. The lowest BCUT2D eigenvalue weighted by Crippen LogP contribution is -2.03. The third-order valence-electron chi connectivity index (χ3n) is 4.68. The van der Waals surface area contributed by atoms with E-state index in [2.05, 4.69) is 25.3 Å². The van der Waals surface area contributed by atoms with E-state index >= 15 is 0 Å². The number of H-pyrrole nitrogens is 2. The van der Waals surface area contributed by atoms with Gasteiger partial charge in [0.15, 0.2) is 0 Å². The first-order valence-corrected chi connectivity index (χ1v) is 8.80. The van der Waals surface area contributed by atoms with E-state index in [0.29, 0.717) is 22.5 Å². The first kappa shape index (κ1) is 17.1. The molecule has 3 heterocycles. The van der Waals surface area contributed by atoms with Gasteiger partial charge in [-0.15, -0.1) is 0 Å². The van der Waals surface area contributed by atoms with Gasteiger partial charge in [-0.2, -0.15) is 0 Å². The summed E-state index contributed by atoms with van der Waals surface area (Å²) >= 11 is 0. The molecule has 3 N–H and O–H groups in total. The molecule has 0 atom stereocenters. The molecule has 0 aliphatic rings. The summed E-state index contributed by atoms with van der Waals surface area (Å²) in [6.07, 6.45) is 3.15. The molecule has 0 aliphatic carbocycles. The molecule has 29 heavy (non-hydrogen) atoms. The van der Waals surface area contributed by atoms with Crippen molar-refractivity contribution in [3.63, 3.8) is 0 Å². The number of rotatable bonds is 4. The van der Waals surface area contributed by atoms with Crippen LogP contribution in [0.5, 0.6) is 0 Å². The summed E-state index contributed by atoms with van der Waals surface area (Å²) in [5.41, 5.74) is 2.65. The maximum absolute atomic E-state index is 14.0. The fraction of sp³-hybridized carbons (Fsp3) is 0.0500. The van der Waals surface area contributed by atoms with Gasteiger partial charge in [0, 0.05) is 17.4 Å². The quantitative estimate of drug-likeness (QED) is 0.435. The number of benzene rings is 2. The van der Waals surface area contributed by atoms with E-state index < -0.39 is 11.6 Å². The normalized spacial score (nSPS) is 11.4. The van der Waals surface area contributed by atoms with Crippen molar-refractivity contribution in [3.8, 4) is 0 Å². The van der Waals surface area contributed by atoms with E-state index in [1.165, 1.54) is 12.4 Å². The Balaban J connectivity index is 1.50. The van der Waals surface area contributed by atoms with Crippen LogP contribution in [0.4, 0.5) is 20.3 Å². The molecule has 0 aliphatic heterocycles. The van der Waals surface area contributed by atoms with Gasteiger partial charge in [0.05, 0.1) is 23.0 Å². The standard InChI is InChI=1S/C20H14F2N6O/c21-12-1-3-15(22)11(7-12)9-28-6-5-14-18(23-10-24-19(14)28)25-13-2-4-16-17(8-13)27-20(29)26-16/h1-8,10H,9H2,(H,23,24,25)(H2,26,27,29). The van der Waals surface area contributed by atoms with Crippen molar-refractivity contribution in [1.82, 2.24) is 24.5 Å². The molecule has 0 fully saturated rings. The lowest BCUT2D eigenvalue weighted by atomic mass is 10.2. The van der Waals surface area contributed by atoms with Gasteiger partial charge >= 0.3 is 5.69 Å². The van der Waals surface area contributed by atoms with Gasteiger partial charge < -0.3 is 19.9 Å². The van der Waals surface area contributed by atoms with Crippen molar-refractivity contribution in [2.45, 2.75) is 6.54 Å². The Hall–Kier alpha value is -4.01. The molecule has 0 amide bonds. The average Bonchev–Trinajstić information content (AvgIpc) is 3.28. The molecule has 144 valence electrons. The topological polar surface area (TPSA) is 91.4 Å². The highest BCUT2D eigenvalue weighted by atomic mass is 19.1. The third-order valence-corrected chi connectivity index (χ3v) is 4.68. The predicted molar refractivity (Wildman–Crippen MR) is 105 cm³/mol. The van der Waals surface area contributed by atoms with Crippen molar-refractivity contribution < 1.29 is 8.78 Å². The lowest BCUT2D eigenvalue weighted by Gasteiger charge is -2.09. The van der Waals surface area contributed by atoms with Crippen molar-refractivity contribution in [3.05, 3.63) is 82.7 Å². The largest absolute Gasteiger partial charge is 0.340 e. The first-order chi connectivity index (χ1) is 14.1. The fourth-order valence-electron chi connectivity index (χ4n) is 3.33. The van der Waals surface area contributed by atoms with Gasteiger partial charge in [0.2, 0.25) is 0 Å². The molecule has 5 aromatic rings. The van der Waals surface area contributed by atoms with E-state index in [-0.39, 0.29) is 17.8 Å². The Labute approximate surface area is 162 Å². The summed E-state index contributed by atoms with van der Waals surface area (Å²) in [7, 11) is 0. The van der Waals surface area contributed by atoms with Gasteiger partial charge in [-0.1, -0.05) is 0 Å². The number of fused-ring (bicyclic) bond motifs is 2. The van der Waals surface area contributed by atoms with Crippen molar-refractivity contribution in [2.75, 3.05) is 5.32 Å². The van der Waals surface area contributed by atoms with Crippen LogP contribution in [-0.2, 0) is 6.54 Å². The van der Waals surface area contributed by atoms with E-state index in [0.717, 1.165) is 23.2 Å². The van der Waals surface area contributed by atoms with E-state index in [4.69, 9.17) is 0 Å². The van der Waals surface area contributed by atoms with Crippen LogP contribution >= 0.6 is 0 Å². The predicted octanol–water partition coefficient (Wildman–Crippen LogP) is 3.67. The number of hydrogen-bond donors (Lipinski definition) is 3. The van der Waals surface area contributed by atoms with E-state index in [1.54, 1.807) is 22.9 Å². The van der Waals surface area contributed by atoms with Crippen molar-refractivity contribution >= 4 is 33.6 Å². The number of aromatic nitrogens is 5. The zero-order valence-corrected chi connectivity index (χ0v) is 14.9. The maximum atomic E-state index is 14.0. The second-order valence-electron chi connectivity index (χ2n) is 6.60. The summed E-state index contributed by atoms with van der Waals surface area (Å²) in [4.78, 5) is 25.4. The van der Waals surface area contributed by atoms with Gasteiger partial charge in [-0.05, 0) is 42.5 Å². The van der Waals surface area contributed by atoms with Gasteiger partial charge in [-0.25, -0.2) is 23.5 Å². The minimum atomic E-state index is -0.493. The number of hydrogen-bond acceptors (Lipinski definition) is 4. The van der Waals surface area contributed by atoms with E-state index in [1.807, 2.05) is 12.1 Å². The zero-order chi connectivity index (χ0) is 20.0. The fourth-order valence-corrected chi connectivity index (χ4v) is 3.33. The Morgan fingerprint density at radius 3 is 2.76 bits per heavy atom. The summed E-state index contributed by atoms with van der Waals surface area (Å²) < 4.78 is 29.2. The summed E-state index contributed by atoms with van der Waals surface area (Å²) in [5.74, 6) is -0.409. The SMILES string of the molecule is O=c1[nH]c2ccc(Nc3ncnc4c3ccn4Cc3cc(F)ccc3F)cc2[nH]1. The molecule has 0 spiro atoms. The highest BCUT2D eigenvalue weighted by Gasteiger charge is 2.12. The molecule has 3 aromatic heterocycles. The summed E-state index contributed by atoms with van der Waals surface area (Å²) in [6.45, 7) is 0.139. The first-order valence-electron chi connectivity index (χ1n) is 8.80. The van der Waals surface area contributed by atoms with Crippen molar-refractivity contribution in [2.24, 2.45) is 0 Å². The highest BCUT2D eigenvalue weighted by Crippen LogP contribution is 2.26. The van der Waals surface area contributed by atoms with Crippen LogP contribution in [-0.4, -0.2) is 24.5 Å². The van der Waals surface area contributed by atoms with Gasteiger partial charge in [0.1, 0.15) is 29.4 Å². The Morgan fingerprint density at radius 2 is 1.86 bits per heavy atom. The Bertz CT molecular complexity index is 1420. The average molecular weight is 392 g/mol. The number of imidazole rings is 1. The van der Waals surface area contributed by atoms with E-state index in [9.17, 15) is 13.6 Å². The van der Waals surface area contributed by atoms with Gasteiger partial charge in [0.25, 0.3) is 0 Å². The third kappa shape index (κ3) is 3.12. The molecule has 7 nitrogen and oxygen atoms in total. The van der Waals surface area contributed by atoms with Crippen LogP contribution in [0.1, 0.15) is 5.56 Å². The molecule has 0 bridgehead atoms.